The summed E-state index contributed by atoms with van der Waals surface area (Å²) in [5, 5.41) is 12.8. The Morgan fingerprint density at radius 3 is 2.85 bits per heavy atom. The average molecular weight is 372 g/mol. The Kier molecular flexibility index (Phi) is 4.20. The molecule has 4 rings (SSSR count). The quantitative estimate of drug-likeness (QED) is 0.456. The van der Waals surface area contributed by atoms with E-state index in [1.807, 2.05) is 11.4 Å². The standard InChI is InChI=1S/C18H16N2O5S/c21-16(10-25-18(22)17-14(6-8-26-17)11-1-2-11)19-7-5-12-3-4-13(20(23)24)9-15(12)19/h3-4,6,8-9,11H,1-2,5,7,10H2. The van der Waals surface area contributed by atoms with Crippen molar-refractivity contribution in [2.75, 3.05) is 18.1 Å². The van der Waals surface area contributed by atoms with Gasteiger partial charge in [0.25, 0.3) is 11.6 Å². The van der Waals surface area contributed by atoms with Gasteiger partial charge in [-0.25, -0.2) is 4.79 Å². The van der Waals surface area contributed by atoms with E-state index in [0.717, 1.165) is 24.0 Å². The van der Waals surface area contributed by atoms with Crippen molar-refractivity contribution < 1.29 is 19.2 Å². The first-order valence-electron chi connectivity index (χ1n) is 8.37. The van der Waals surface area contributed by atoms with Gasteiger partial charge >= 0.3 is 5.97 Å². The van der Waals surface area contributed by atoms with Gasteiger partial charge in [-0.3, -0.25) is 14.9 Å². The molecule has 1 saturated carbocycles. The maximum atomic E-state index is 12.5. The molecule has 8 heteroatoms. The van der Waals surface area contributed by atoms with E-state index in [0.29, 0.717) is 29.4 Å². The number of nitro groups is 1. The van der Waals surface area contributed by atoms with Gasteiger partial charge in [0.15, 0.2) is 6.61 Å². The first kappa shape index (κ1) is 16.7. The first-order chi connectivity index (χ1) is 12.5. The largest absolute Gasteiger partial charge is 0.451 e. The van der Waals surface area contributed by atoms with Gasteiger partial charge < -0.3 is 9.64 Å². The van der Waals surface area contributed by atoms with Crippen LogP contribution < -0.4 is 4.90 Å². The number of hydrogen-bond donors (Lipinski definition) is 0. The molecule has 0 spiro atoms. The van der Waals surface area contributed by atoms with Crippen LogP contribution in [0.2, 0.25) is 0 Å². The summed E-state index contributed by atoms with van der Waals surface area (Å²) in [7, 11) is 0. The maximum Gasteiger partial charge on any atom is 0.349 e. The number of thiophene rings is 1. The monoisotopic (exact) mass is 372 g/mol. The number of nitro benzene ring substituents is 1. The third kappa shape index (κ3) is 3.08. The van der Waals surface area contributed by atoms with Crippen LogP contribution in [0.25, 0.3) is 0 Å². The van der Waals surface area contributed by atoms with E-state index >= 15 is 0 Å². The van der Waals surface area contributed by atoms with Gasteiger partial charge in [0.05, 0.1) is 10.6 Å². The molecule has 2 heterocycles. The van der Waals surface area contributed by atoms with Gasteiger partial charge in [-0.1, -0.05) is 6.07 Å². The molecule has 0 bridgehead atoms. The Bertz CT molecular complexity index is 903. The summed E-state index contributed by atoms with van der Waals surface area (Å²) in [6.45, 7) is 0.0577. The van der Waals surface area contributed by atoms with E-state index in [9.17, 15) is 19.7 Å². The Hall–Kier alpha value is -2.74. The van der Waals surface area contributed by atoms with E-state index < -0.39 is 10.9 Å². The zero-order chi connectivity index (χ0) is 18.3. The van der Waals surface area contributed by atoms with E-state index in [4.69, 9.17) is 4.74 Å². The van der Waals surface area contributed by atoms with Crippen molar-refractivity contribution in [3.05, 3.63) is 55.8 Å². The van der Waals surface area contributed by atoms with Crippen LogP contribution in [0.15, 0.2) is 29.6 Å². The van der Waals surface area contributed by atoms with Crippen LogP contribution in [-0.4, -0.2) is 30.0 Å². The molecule has 26 heavy (non-hydrogen) atoms. The number of esters is 1. The van der Waals surface area contributed by atoms with Gasteiger partial charge in [0.1, 0.15) is 4.88 Å². The van der Waals surface area contributed by atoms with Crippen LogP contribution in [0.4, 0.5) is 11.4 Å². The molecule has 0 unspecified atom stereocenters. The number of carbonyl (C=O) groups excluding carboxylic acids is 2. The van der Waals surface area contributed by atoms with Gasteiger partial charge in [-0.2, -0.15) is 0 Å². The molecule has 1 aromatic carbocycles. The van der Waals surface area contributed by atoms with Crippen molar-refractivity contribution in [3.8, 4) is 0 Å². The van der Waals surface area contributed by atoms with Crippen LogP contribution in [0.1, 0.15) is 39.6 Å². The second kappa shape index (κ2) is 6.53. The highest BCUT2D eigenvalue weighted by atomic mass is 32.1. The van der Waals surface area contributed by atoms with E-state index in [-0.39, 0.29) is 18.2 Å². The lowest BCUT2D eigenvalue weighted by Crippen LogP contribution is -2.33. The smallest absolute Gasteiger partial charge is 0.349 e. The van der Waals surface area contributed by atoms with Crippen LogP contribution in [0.3, 0.4) is 0 Å². The zero-order valence-corrected chi connectivity index (χ0v) is 14.7. The Morgan fingerprint density at radius 1 is 1.31 bits per heavy atom. The lowest BCUT2D eigenvalue weighted by Gasteiger charge is -2.17. The molecular weight excluding hydrogens is 356 g/mol. The number of amides is 1. The predicted octanol–water partition coefficient (Wildman–Crippen LogP) is 3.28. The number of nitrogens with zero attached hydrogens (tertiary/aromatic N) is 2. The lowest BCUT2D eigenvalue weighted by molar-refractivity contribution is -0.384. The van der Waals surface area contributed by atoms with Crippen LogP contribution in [-0.2, 0) is 16.0 Å². The van der Waals surface area contributed by atoms with Gasteiger partial charge in [0, 0.05) is 18.7 Å². The number of rotatable bonds is 5. The normalized spacial score (nSPS) is 15.6. The van der Waals surface area contributed by atoms with E-state index in [1.165, 1.54) is 28.4 Å². The van der Waals surface area contributed by atoms with Crippen molar-refractivity contribution >= 4 is 34.6 Å². The molecule has 0 atom stereocenters. The third-order valence-corrected chi connectivity index (χ3v) is 5.61. The molecule has 0 N–H and O–H groups in total. The minimum Gasteiger partial charge on any atom is -0.451 e. The predicted molar refractivity (Wildman–Crippen MR) is 95.7 cm³/mol. The zero-order valence-electron chi connectivity index (χ0n) is 13.8. The Labute approximate surface area is 153 Å². The SMILES string of the molecule is O=C(OCC(=O)N1CCc2ccc([N+](=O)[O-])cc21)c1sccc1C1CC1. The summed E-state index contributed by atoms with van der Waals surface area (Å²) in [6.07, 6.45) is 2.79. The summed E-state index contributed by atoms with van der Waals surface area (Å²) in [5.41, 5.74) is 2.35. The molecule has 0 saturated heterocycles. The van der Waals surface area contributed by atoms with E-state index in [1.54, 1.807) is 6.07 Å². The molecule has 134 valence electrons. The molecule has 2 aromatic rings. The number of carbonyl (C=O) groups is 2. The molecule has 7 nitrogen and oxygen atoms in total. The highest BCUT2D eigenvalue weighted by Crippen LogP contribution is 2.43. The molecule has 1 fully saturated rings. The minimum absolute atomic E-state index is 0.0619. The first-order valence-corrected chi connectivity index (χ1v) is 9.25. The van der Waals surface area contributed by atoms with E-state index in [2.05, 4.69) is 0 Å². The van der Waals surface area contributed by atoms with Crippen molar-refractivity contribution in [1.82, 2.24) is 0 Å². The number of benzene rings is 1. The highest BCUT2D eigenvalue weighted by Gasteiger charge is 2.31. The topological polar surface area (TPSA) is 89.8 Å². The van der Waals surface area contributed by atoms with Crippen LogP contribution in [0, 0.1) is 10.1 Å². The van der Waals surface area contributed by atoms with Crippen molar-refractivity contribution in [1.29, 1.82) is 0 Å². The molecule has 1 aliphatic carbocycles. The number of non-ortho nitro benzene ring substituents is 1. The fourth-order valence-corrected chi connectivity index (χ4v) is 4.09. The van der Waals surface area contributed by atoms with Crippen molar-refractivity contribution in [2.45, 2.75) is 25.2 Å². The van der Waals surface area contributed by atoms with Crippen molar-refractivity contribution in [2.24, 2.45) is 0 Å². The fraction of sp³-hybridized carbons (Fsp3) is 0.333. The average Bonchev–Trinajstić information content (AvgIpc) is 3.20. The molecule has 1 aromatic heterocycles. The fourth-order valence-electron chi connectivity index (χ4n) is 3.21. The van der Waals surface area contributed by atoms with Crippen LogP contribution >= 0.6 is 11.3 Å². The number of anilines is 1. The summed E-state index contributed by atoms with van der Waals surface area (Å²) in [6, 6.07) is 6.44. The Balaban J connectivity index is 1.43. The summed E-state index contributed by atoms with van der Waals surface area (Å²) in [5.74, 6) is -0.415. The van der Waals surface area contributed by atoms with Crippen LogP contribution in [0.5, 0.6) is 0 Å². The second-order valence-corrected chi connectivity index (χ2v) is 7.34. The maximum absolute atomic E-state index is 12.5. The molecule has 1 amide bonds. The Morgan fingerprint density at radius 2 is 2.12 bits per heavy atom. The summed E-state index contributed by atoms with van der Waals surface area (Å²) >= 11 is 1.33. The molecule has 0 radical (unpaired) electrons. The molecular formula is C18H16N2O5S. The second-order valence-electron chi connectivity index (χ2n) is 6.42. The summed E-state index contributed by atoms with van der Waals surface area (Å²) in [4.78, 5) is 37.3. The van der Waals surface area contributed by atoms with Gasteiger partial charge in [-0.05, 0) is 47.8 Å². The van der Waals surface area contributed by atoms with Crippen molar-refractivity contribution in [3.63, 3.8) is 0 Å². The number of fused-ring (bicyclic) bond motifs is 1. The number of ether oxygens (including phenoxy) is 1. The van der Waals surface area contributed by atoms with Gasteiger partial charge in [-0.15, -0.1) is 11.3 Å². The highest BCUT2D eigenvalue weighted by molar-refractivity contribution is 7.12. The molecule has 1 aliphatic heterocycles. The number of hydrogen-bond acceptors (Lipinski definition) is 6. The minimum atomic E-state index is -0.489. The van der Waals surface area contributed by atoms with Gasteiger partial charge in [0.2, 0.25) is 0 Å². The summed E-state index contributed by atoms with van der Waals surface area (Å²) < 4.78 is 5.22. The third-order valence-electron chi connectivity index (χ3n) is 4.70. The molecule has 2 aliphatic rings. The lowest BCUT2D eigenvalue weighted by atomic mass is 10.1.